The van der Waals surface area contributed by atoms with Crippen LogP contribution < -0.4 is 5.32 Å². The second kappa shape index (κ2) is 6.87. The Bertz CT molecular complexity index is 561. The minimum atomic E-state index is 0.0826. The van der Waals surface area contributed by atoms with Crippen LogP contribution in [0.1, 0.15) is 5.56 Å². The molecule has 100 valence electrons. The van der Waals surface area contributed by atoms with E-state index in [2.05, 4.69) is 10.3 Å². The van der Waals surface area contributed by atoms with Crippen LogP contribution in [0.15, 0.2) is 36.5 Å². The van der Waals surface area contributed by atoms with Gasteiger partial charge in [0.25, 0.3) is 0 Å². The lowest BCUT2D eigenvalue weighted by atomic mass is 10.0. The van der Waals surface area contributed by atoms with Gasteiger partial charge < -0.3 is 10.4 Å². The number of benzene rings is 1. The predicted octanol–water partition coefficient (Wildman–Crippen LogP) is 3.14. The summed E-state index contributed by atoms with van der Waals surface area (Å²) in [5.74, 6) is 0. The van der Waals surface area contributed by atoms with Gasteiger partial charge in [0, 0.05) is 35.4 Å². The second-order valence-electron chi connectivity index (χ2n) is 4.01. The van der Waals surface area contributed by atoms with Crippen LogP contribution in [-0.2, 0) is 6.54 Å². The molecule has 0 amide bonds. The molecule has 5 heteroatoms. The molecule has 1 heterocycles. The van der Waals surface area contributed by atoms with Gasteiger partial charge in [-0.3, -0.25) is 0 Å². The molecule has 19 heavy (non-hydrogen) atoms. The Kier molecular flexibility index (Phi) is 5.16. The van der Waals surface area contributed by atoms with Gasteiger partial charge in [-0.25, -0.2) is 4.98 Å². The van der Waals surface area contributed by atoms with Crippen LogP contribution in [0.4, 0.5) is 0 Å². The van der Waals surface area contributed by atoms with Gasteiger partial charge in [-0.15, -0.1) is 0 Å². The predicted molar refractivity (Wildman–Crippen MR) is 78.5 cm³/mol. The van der Waals surface area contributed by atoms with Crippen molar-refractivity contribution in [1.82, 2.24) is 10.3 Å². The molecule has 0 atom stereocenters. The zero-order chi connectivity index (χ0) is 13.7. The molecule has 0 unspecified atom stereocenters. The van der Waals surface area contributed by atoms with E-state index in [-0.39, 0.29) is 6.61 Å². The smallest absolute Gasteiger partial charge is 0.134 e. The van der Waals surface area contributed by atoms with Gasteiger partial charge >= 0.3 is 0 Å². The summed E-state index contributed by atoms with van der Waals surface area (Å²) in [4.78, 5) is 4.09. The van der Waals surface area contributed by atoms with Crippen molar-refractivity contribution in [2.24, 2.45) is 0 Å². The average Bonchev–Trinajstić information content (AvgIpc) is 2.41. The van der Waals surface area contributed by atoms with E-state index in [4.69, 9.17) is 28.3 Å². The van der Waals surface area contributed by atoms with Crippen LogP contribution >= 0.6 is 23.2 Å². The van der Waals surface area contributed by atoms with Crippen LogP contribution in [0.25, 0.3) is 11.1 Å². The van der Waals surface area contributed by atoms with E-state index in [9.17, 15) is 0 Å². The monoisotopic (exact) mass is 296 g/mol. The highest BCUT2D eigenvalue weighted by Gasteiger charge is 2.11. The number of halogens is 2. The van der Waals surface area contributed by atoms with E-state index in [1.54, 1.807) is 6.20 Å². The van der Waals surface area contributed by atoms with Crippen molar-refractivity contribution in [3.63, 3.8) is 0 Å². The maximum Gasteiger partial charge on any atom is 0.134 e. The molecule has 1 aromatic heterocycles. The molecule has 2 aromatic rings. The first-order chi connectivity index (χ1) is 9.24. The van der Waals surface area contributed by atoms with Crippen molar-refractivity contribution in [2.75, 3.05) is 13.2 Å². The Hall–Kier alpha value is -1.13. The van der Waals surface area contributed by atoms with Gasteiger partial charge in [0.15, 0.2) is 0 Å². The average molecular weight is 297 g/mol. The van der Waals surface area contributed by atoms with E-state index in [1.165, 1.54) is 0 Å². The van der Waals surface area contributed by atoms with Crippen molar-refractivity contribution in [3.05, 3.63) is 52.3 Å². The molecule has 0 aliphatic carbocycles. The Morgan fingerprint density at radius 3 is 2.63 bits per heavy atom. The number of hydrogen-bond donors (Lipinski definition) is 2. The molecule has 1 aromatic carbocycles. The van der Waals surface area contributed by atoms with E-state index in [1.807, 2.05) is 30.3 Å². The molecule has 2 rings (SSSR count). The third kappa shape index (κ3) is 3.45. The molecule has 0 radical (unpaired) electrons. The summed E-state index contributed by atoms with van der Waals surface area (Å²) in [6.45, 7) is 1.13. The zero-order valence-corrected chi connectivity index (χ0v) is 11.7. The fourth-order valence-corrected chi connectivity index (χ4v) is 2.32. The molecule has 0 bridgehead atoms. The van der Waals surface area contributed by atoms with Gasteiger partial charge in [0.2, 0.25) is 0 Å². The standard InChI is InChI=1S/C14H14Cl2N2O/c15-13-4-2-1-3-11(13)10-5-6-18-14(16)12(10)9-17-7-8-19/h1-6,17,19H,7-9H2. The van der Waals surface area contributed by atoms with Crippen molar-refractivity contribution in [3.8, 4) is 11.1 Å². The molecule has 2 N–H and O–H groups in total. The number of pyridine rings is 1. The number of nitrogens with zero attached hydrogens (tertiary/aromatic N) is 1. The molecular formula is C14H14Cl2N2O. The molecule has 0 fully saturated rings. The first-order valence-electron chi connectivity index (χ1n) is 5.94. The maximum atomic E-state index is 8.81. The molecule has 0 aliphatic rings. The quantitative estimate of drug-likeness (QED) is 0.658. The van der Waals surface area contributed by atoms with Crippen molar-refractivity contribution < 1.29 is 5.11 Å². The lowest BCUT2D eigenvalue weighted by molar-refractivity contribution is 0.292. The highest BCUT2D eigenvalue weighted by molar-refractivity contribution is 6.34. The molecule has 3 nitrogen and oxygen atoms in total. The Morgan fingerprint density at radius 1 is 1.11 bits per heavy atom. The van der Waals surface area contributed by atoms with E-state index in [0.29, 0.717) is 23.3 Å². The molecular weight excluding hydrogens is 283 g/mol. The maximum absolute atomic E-state index is 8.81. The summed E-state index contributed by atoms with van der Waals surface area (Å²) >= 11 is 12.4. The van der Waals surface area contributed by atoms with Gasteiger partial charge in [-0.05, 0) is 17.7 Å². The fourth-order valence-electron chi connectivity index (χ4n) is 1.86. The number of aliphatic hydroxyl groups is 1. The molecule has 0 saturated carbocycles. The van der Waals surface area contributed by atoms with Crippen LogP contribution in [0.3, 0.4) is 0 Å². The minimum absolute atomic E-state index is 0.0826. The zero-order valence-electron chi connectivity index (χ0n) is 10.2. The summed E-state index contributed by atoms with van der Waals surface area (Å²) in [6.07, 6.45) is 1.66. The van der Waals surface area contributed by atoms with Gasteiger partial charge in [0.1, 0.15) is 5.15 Å². The van der Waals surface area contributed by atoms with E-state index >= 15 is 0 Å². The summed E-state index contributed by atoms with van der Waals surface area (Å²) in [5, 5.41) is 13.0. The van der Waals surface area contributed by atoms with Crippen LogP contribution in [-0.4, -0.2) is 23.2 Å². The minimum Gasteiger partial charge on any atom is -0.395 e. The highest BCUT2D eigenvalue weighted by atomic mass is 35.5. The van der Waals surface area contributed by atoms with Crippen molar-refractivity contribution in [2.45, 2.75) is 6.54 Å². The van der Waals surface area contributed by atoms with Crippen LogP contribution in [0.2, 0.25) is 10.2 Å². The largest absolute Gasteiger partial charge is 0.395 e. The van der Waals surface area contributed by atoms with Crippen molar-refractivity contribution in [1.29, 1.82) is 0 Å². The summed E-state index contributed by atoms with van der Waals surface area (Å²) < 4.78 is 0. The first-order valence-corrected chi connectivity index (χ1v) is 6.69. The molecule has 0 spiro atoms. The van der Waals surface area contributed by atoms with Gasteiger partial charge in [-0.1, -0.05) is 41.4 Å². The van der Waals surface area contributed by atoms with Crippen LogP contribution in [0, 0.1) is 0 Å². The summed E-state index contributed by atoms with van der Waals surface area (Å²) in [6, 6.07) is 9.50. The fraction of sp³-hybridized carbons (Fsp3) is 0.214. The van der Waals surface area contributed by atoms with Crippen molar-refractivity contribution >= 4 is 23.2 Å². The van der Waals surface area contributed by atoms with Gasteiger partial charge in [-0.2, -0.15) is 0 Å². The number of aliphatic hydroxyl groups excluding tert-OH is 1. The lowest BCUT2D eigenvalue weighted by Gasteiger charge is -2.12. The number of nitrogens with one attached hydrogen (secondary N) is 1. The summed E-state index contributed by atoms with van der Waals surface area (Å²) in [7, 11) is 0. The molecule has 0 saturated heterocycles. The lowest BCUT2D eigenvalue weighted by Crippen LogP contribution is -2.18. The summed E-state index contributed by atoms with van der Waals surface area (Å²) in [5.41, 5.74) is 2.76. The van der Waals surface area contributed by atoms with E-state index in [0.717, 1.165) is 16.7 Å². The topological polar surface area (TPSA) is 45.1 Å². The Morgan fingerprint density at radius 2 is 1.89 bits per heavy atom. The number of hydrogen-bond acceptors (Lipinski definition) is 3. The number of rotatable bonds is 5. The normalized spacial score (nSPS) is 10.7. The molecule has 0 aliphatic heterocycles. The first kappa shape index (κ1) is 14.3. The Balaban J connectivity index is 2.40. The van der Waals surface area contributed by atoms with Crippen LogP contribution in [0.5, 0.6) is 0 Å². The van der Waals surface area contributed by atoms with E-state index < -0.39 is 0 Å². The Labute approximate surface area is 122 Å². The second-order valence-corrected chi connectivity index (χ2v) is 4.77. The highest BCUT2D eigenvalue weighted by Crippen LogP contribution is 2.32. The SMILES string of the molecule is OCCNCc1c(-c2ccccc2Cl)ccnc1Cl. The third-order valence-electron chi connectivity index (χ3n) is 2.76. The number of aromatic nitrogens is 1. The van der Waals surface area contributed by atoms with Gasteiger partial charge in [0.05, 0.1) is 6.61 Å². The third-order valence-corrected chi connectivity index (χ3v) is 3.41.